The summed E-state index contributed by atoms with van der Waals surface area (Å²) < 4.78 is 0. The van der Waals surface area contributed by atoms with Crippen LogP contribution in [-0.2, 0) is 9.59 Å². The zero-order valence-electron chi connectivity index (χ0n) is 20.0. The highest BCUT2D eigenvalue weighted by Gasteiger charge is 2.30. The van der Waals surface area contributed by atoms with Gasteiger partial charge in [0.2, 0.25) is 0 Å². The third-order valence-electron chi connectivity index (χ3n) is 6.49. The highest BCUT2D eigenvalue weighted by molar-refractivity contribution is 5.72. The van der Waals surface area contributed by atoms with Crippen molar-refractivity contribution in [2.45, 2.75) is 149 Å². The minimum absolute atomic E-state index is 0.124. The zero-order valence-corrected chi connectivity index (χ0v) is 20.0. The number of hydrogen-bond acceptors (Lipinski definition) is 4. The molecule has 0 saturated carbocycles. The molecule has 0 aliphatic rings. The van der Waals surface area contributed by atoms with Crippen LogP contribution < -0.4 is 10.2 Å². The van der Waals surface area contributed by atoms with Gasteiger partial charge in [-0.3, -0.25) is 0 Å². The summed E-state index contributed by atoms with van der Waals surface area (Å²) in [7, 11) is 0. The van der Waals surface area contributed by atoms with Crippen molar-refractivity contribution < 1.29 is 19.8 Å². The Kier molecular flexibility index (Phi) is 19.2. The predicted molar refractivity (Wildman–Crippen MR) is 121 cm³/mol. The van der Waals surface area contributed by atoms with Crippen LogP contribution in [0.2, 0.25) is 0 Å². The normalized spacial score (nSPS) is 11.7. The maximum atomic E-state index is 12.2. The van der Waals surface area contributed by atoms with Crippen molar-refractivity contribution in [2.75, 3.05) is 0 Å². The minimum atomic E-state index is -0.983. The van der Waals surface area contributed by atoms with Gasteiger partial charge in [0.1, 0.15) is 0 Å². The average Bonchev–Trinajstić information content (AvgIpc) is 2.71. The van der Waals surface area contributed by atoms with Gasteiger partial charge in [-0.05, 0) is 32.1 Å². The van der Waals surface area contributed by atoms with E-state index in [2.05, 4.69) is 13.8 Å². The molecule has 0 spiro atoms. The first-order valence-electron chi connectivity index (χ1n) is 12.9. The molecule has 0 aliphatic carbocycles. The molecule has 4 heteroatoms. The van der Waals surface area contributed by atoms with Crippen LogP contribution >= 0.6 is 0 Å². The number of aliphatic carboxylic acids is 2. The van der Waals surface area contributed by atoms with Gasteiger partial charge >= 0.3 is 0 Å². The molecule has 30 heavy (non-hydrogen) atoms. The summed E-state index contributed by atoms with van der Waals surface area (Å²) in [5.41, 5.74) is -0.666. The van der Waals surface area contributed by atoms with Crippen molar-refractivity contribution >= 4 is 11.9 Å². The Balaban J connectivity index is 4.48. The molecule has 0 unspecified atom stereocenters. The molecule has 0 aromatic heterocycles. The lowest BCUT2D eigenvalue weighted by molar-refractivity contribution is -0.321. The van der Waals surface area contributed by atoms with Crippen molar-refractivity contribution in [3.8, 4) is 0 Å². The second-order valence-corrected chi connectivity index (χ2v) is 9.24. The van der Waals surface area contributed by atoms with Crippen LogP contribution in [0.15, 0.2) is 0 Å². The first-order chi connectivity index (χ1) is 14.5. The molecule has 0 saturated heterocycles. The van der Waals surface area contributed by atoms with Gasteiger partial charge in [0.05, 0.1) is 0 Å². The Morgan fingerprint density at radius 1 is 0.533 bits per heavy atom. The minimum Gasteiger partial charge on any atom is -0.550 e. The summed E-state index contributed by atoms with van der Waals surface area (Å²) in [5, 5.41) is 22.7. The summed E-state index contributed by atoms with van der Waals surface area (Å²) >= 11 is 0. The van der Waals surface area contributed by atoms with Crippen LogP contribution in [0.3, 0.4) is 0 Å². The van der Waals surface area contributed by atoms with E-state index in [9.17, 15) is 19.8 Å². The fourth-order valence-corrected chi connectivity index (χ4v) is 4.43. The average molecular weight is 425 g/mol. The molecule has 0 aromatic rings. The summed E-state index contributed by atoms with van der Waals surface area (Å²) in [6.45, 7) is 4.42. The van der Waals surface area contributed by atoms with Gasteiger partial charge in [-0.15, -0.1) is 0 Å². The Morgan fingerprint density at radius 3 is 1.20 bits per heavy atom. The molecule has 4 nitrogen and oxygen atoms in total. The van der Waals surface area contributed by atoms with Crippen LogP contribution in [0.4, 0.5) is 0 Å². The van der Waals surface area contributed by atoms with Crippen molar-refractivity contribution in [3.05, 3.63) is 0 Å². The van der Waals surface area contributed by atoms with E-state index >= 15 is 0 Å². The largest absolute Gasteiger partial charge is 0.550 e. The molecule has 0 atom stereocenters. The number of rotatable bonds is 23. The van der Waals surface area contributed by atoms with E-state index in [1.54, 1.807) is 0 Å². The molecule has 0 aromatic carbocycles. The summed E-state index contributed by atoms with van der Waals surface area (Å²) in [4.78, 5) is 22.7. The van der Waals surface area contributed by atoms with Gasteiger partial charge in [0.25, 0.3) is 0 Å². The summed E-state index contributed by atoms with van der Waals surface area (Å²) in [6.07, 6.45) is 20.8. The van der Waals surface area contributed by atoms with Gasteiger partial charge in [-0.1, -0.05) is 117 Å². The van der Waals surface area contributed by atoms with Gasteiger partial charge in [0, 0.05) is 17.4 Å². The molecule has 178 valence electrons. The first kappa shape index (κ1) is 28.9. The van der Waals surface area contributed by atoms with E-state index in [0.29, 0.717) is 12.8 Å². The monoisotopic (exact) mass is 424 g/mol. The van der Waals surface area contributed by atoms with E-state index < -0.39 is 17.4 Å². The molecular weight excluding hydrogens is 376 g/mol. The number of carbonyl (C=O) groups is 2. The van der Waals surface area contributed by atoms with Crippen LogP contribution in [-0.4, -0.2) is 11.9 Å². The van der Waals surface area contributed by atoms with Crippen molar-refractivity contribution in [2.24, 2.45) is 5.41 Å². The molecule has 0 radical (unpaired) electrons. The standard InChI is InChI=1S/C26H50O4/c1-3-5-7-9-13-17-21-26(25(29)30,22-18-14-10-8-6-4-2)23-19-15-11-12-16-20-24(27)28/h3-23H2,1-2H3,(H,27,28)(H,29,30)/p-2. The second-order valence-electron chi connectivity index (χ2n) is 9.24. The quantitative estimate of drug-likeness (QED) is 0.197. The predicted octanol–water partition coefficient (Wildman–Crippen LogP) is 5.70. The zero-order chi connectivity index (χ0) is 22.5. The van der Waals surface area contributed by atoms with Crippen LogP contribution in [0, 0.1) is 5.41 Å². The van der Waals surface area contributed by atoms with Crippen LogP contribution in [0.5, 0.6) is 0 Å². The Labute approximate surface area is 186 Å². The fraction of sp³-hybridized carbons (Fsp3) is 0.923. The third kappa shape index (κ3) is 15.7. The van der Waals surface area contributed by atoms with E-state index in [1.165, 1.54) is 51.4 Å². The van der Waals surface area contributed by atoms with Gasteiger partial charge in [-0.2, -0.15) is 0 Å². The maximum Gasteiger partial charge on any atom is 0.0476 e. The lowest BCUT2D eigenvalue weighted by Crippen LogP contribution is -2.42. The van der Waals surface area contributed by atoms with E-state index in [-0.39, 0.29) is 6.42 Å². The maximum absolute atomic E-state index is 12.2. The highest BCUT2D eigenvalue weighted by atomic mass is 16.4. The molecule has 0 aliphatic heterocycles. The second kappa shape index (κ2) is 19.9. The SMILES string of the molecule is CCCCCCCCC(CCCCCCCC)(CCCCCCCC(=O)[O-])C(=O)[O-]. The number of carbonyl (C=O) groups excluding carboxylic acids is 2. The lowest BCUT2D eigenvalue weighted by Gasteiger charge is -2.35. The molecule has 0 fully saturated rings. The molecule has 0 amide bonds. The van der Waals surface area contributed by atoms with Gasteiger partial charge in [-0.25, -0.2) is 0 Å². The van der Waals surface area contributed by atoms with Crippen LogP contribution in [0.1, 0.15) is 149 Å². The Bertz CT molecular complexity index is 403. The van der Waals surface area contributed by atoms with Crippen molar-refractivity contribution in [3.63, 3.8) is 0 Å². The fourth-order valence-electron chi connectivity index (χ4n) is 4.43. The Morgan fingerprint density at radius 2 is 0.867 bits per heavy atom. The summed E-state index contributed by atoms with van der Waals surface area (Å²) in [6, 6.07) is 0. The van der Waals surface area contributed by atoms with Gasteiger partial charge < -0.3 is 19.8 Å². The number of carboxylic acids is 2. The van der Waals surface area contributed by atoms with E-state index in [1.807, 2.05) is 0 Å². The molecule has 0 heterocycles. The molecule has 0 rings (SSSR count). The van der Waals surface area contributed by atoms with Crippen molar-refractivity contribution in [1.82, 2.24) is 0 Å². The highest BCUT2D eigenvalue weighted by Crippen LogP contribution is 2.37. The molecule has 0 N–H and O–H groups in total. The third-order valence-corrected chi connectivity index (χ3v) is 6.49. The number of hydrogen-bond donors (Lipinski definition) is 0. The first-order valence-corrected chi connectivity index (χ1v) is 12.9. The lowest BCUT2D eigenvalue weighted by atomic mass is 9.74. The van der Waals surface area contributed by atoms with E-state index in [0.717, 1.165) is 64.2 Å². The molecular formula is C26H48O4-2. The van der Waals surface area contributed by atoms with Crippen LogP contribution in [0.25, 0.3) is 0 Å². The van der Waals surface area contributed by atoms with Crippen molar-refractivity contribution in [1.29, 1.82) is 0 Å². The van der Waals surface area contributed by atoms with Gasteiger partial charge in [0.15, 0.2) is 0 Å². The Hall–Kier alpha value is -1.06. The number of carboxylic acid groups (broad SMARTS) is 2. The van der Waals surface area contributed by atoms with E-state index in [4.69, 9.17) is 0 Å². The smallest absolute Gasteiger partial charge is 0.0476 e. The number of unbranched alkanes of at least 4 members (excludes halogenated alkanes) is 14. The molecule has 0 bridgehead atoms. The topological polar surface area (TPSA) is 80.3 Å². The summed E-state index contributed by atoms with van der Waals surface area (Å²) in [5.74, 6) is -1.83.